The minimum Gasteiger partial charge on any atom is -1.00 e. The van der Waals surface area contributed by atoms with Crippen molar-refractivity contribution in [2.24, 2.45) is 14.1 Å². The summed E-state index contributed by atoms with van der Waals surface area (Å²) in [5.74, 6) is -0.289. The Morgan fingerprint density at radius 2 is 1.80 bits per heavy atom. The Hall–Kier alpha value is -3.17. The Balaban J connectivity index is 0.00000289. The molecule has 2 aliphatic heterocycles. The lowest BCUT2D eigenvalue weighted by atomic mass is 9.99. The number of aryl methyl sites for hydroxylation is 1. The molecule has 1 aromatic carbocycles. The lowest BCUT2D eigenvalue weighted by Crippen LogP contribution is -3.18. The van der Waals surface area contributed by atoms with Crippen LogP contribution in [0.25, 0.3) is 17.2 Å². The number of quaternary nitrogens is 1. The molecule has 2 aromatic heterocycles. The number of imidazole rings is 1. The topological polar surface area (TPSA) is 92.6 Å². The van der Waals surface area contributed by atoms with Crippen LogP contribution in [0.5, 0.6) is 0 Å². The number of esters is 1. The third-order valence-corrected chi connectivity index (χ3v) is 7.36. The molecule has 2 saturated heterocycles. The molecular formula is C25H30ClN5O4. The number of carbonyl (C=O) groups is 1. The highest BCUT2D eigenvalue weighted by Gasteiger charge is 2.45. The Morgan fingerprint density at radius 3 is 2.49 bits per heavy atom. The van der Waals surface area contributed by atoms with Gasteiger partial charge in [-0.05, 0) is 11.6 Å². The summed E-state index contributed by atoms with van der Waals surface area (Å²) in [6.45, 7) is 1.51. The first-order valence-corrected chi connectivity index (χ1v) is 11.8. The summed E-state index contributed by atoms with van der Waals surface area (Å²) in [6.07, 6.45) is 8.85. The molecular weight excluding hydrogens is 470 g/mol. The van der Waals surface area contributed by atoms with E-state index in [0.29, 0.717) is 29.8 Å². The smallest absolute Gasteiger partial charge is 0.332 e. The summed E-state index contributed by atoms with van der Waals surface area (Å²) in [7, 11) is 3.13. The van der Waals surface area contributed by atoms with Crippen LogP contribution in [-0.4, -0.2) is 49.4 Å². The van der Waals surface area contributed by atoms with E-state index in [-0.39, 0.29) is 35.7 Å². The first-order valence-electron chi connectivity index (χ1n) is 11.8. The highest BCUT2D eigenvalue weighted by atomic mass is 35.5. The number of carbonyl (C=O) groups excluding carboxylic acids is 1. The third kappa shape index (κ3) is 4.83. The number of benzene rings is 1. The highest BCUT2D eigenvalue weighted by molar-refractivity contribution is 5.87. The highest BCUT2D eigenvalue weighted by Crippen LogP contribution is 2.25. The zero-order valence-electron chi connectivity index (χ0n) is 19.9. The number of nitrogens with one attached hydrogen (secondary N) is 1. The van der Waals surface area contributed by atoms with Gasteiger partial charge in [0.25, 0.3) is 5.56 Å². The summed E-state index contributed by atoms with van der Waals surface area (Å²) in [4.78, 5) is 43.0. The molecule has 186 valence electrons. The van der Waals surface area contributed by atoms with Crippen LogP contribution < -0.4 is 28.6 Å². The van der Waals surface area contributed by atoms with Crippen molar-refractivity contribution in [1.82, 2.24) is 18.7 Å². The molecule has 9 nitrogen and oxygen atoms in total. The molecule has 2 fully saturated rings. The molecule has 5 rings (SSSR count). The SMILES string of the molecule is Cn1c(=O)c2c(ncn2CC[NH+]2C3CCC2CC(OC(=O)/C=C/c2ccccc2)C3)n(C)c1=O.[Cl-]. The van der Waals surface area contributed by atoms with Crippen LogP contribution in [0.3, 0.4) is 0 Å². The van der Waals surface area contributed by atoms with Gasteiger partial charge in [0.05, 0.1) is 31.5 Å². The first kappa shape index (κ1) is 24.9. The van der Waals surface area contributed by atoms with E-state index in [0.717, 1.165) is 42.4 Å². The summed E-state index contributed by atoms with van der Waals surface area (Å²) in [5.41, 5.74) is 1.16. The van der Waals surface area contributed by atoms with Gasteiger partial charge in [-0.25, -0.2) is 14.6 Å². The van der Waals surface area contributed by atoms with Crippen LogP contribution in [0.1, 0.15) is 31.2 Å². The molecule has 3 aromatic rings. The Kier molecular flexibility index (Phi) is 7.28. The van der Waals surface area contributed by atoms with E-state index in [9.17, 15) is 14.4 Å². The summed E-state index contributed by atoms with van der Waals surface area (Å²) in [6, 6.07) is 10.6. The number of fused-ring (bicyclic) bond motifs is 3. The van der Waals surface area contributed by atoms with Gasteiger partial charge in [0.1, 0.15) is 6.10 Å². The van der Waals surface area contributed by atoms with Crippen molar-refractivity contribution in [3.63, 3.8) is 0 Å². The molecule has 2 atom stereocenters. The van der Waals surface area contributed by atoms with Crippen molar-refractivity contribution in [2.75, 3.05) is 6.54 Å². The van der Waals surface area contributed by atoms with Crippen molar-refractivity contribution in [3.8, 4) is 0 Å². The largest absolute Gasteiger partial charge is 1.00 e. The number of hydrogen-bond donors (Lipinski definition) is 1. The summed E-state index contributed by atoms with van der Waals surface area (Å²) < 4.78 is 10.2. The lowest BCUT2D eigenvalue weighted by molar-refractivity contribution is -0.942. The van der Waals surface area contributed by atoms with E-state index in [1.807, 2.05) is 34.9 Å². The quantitative estimate of drug-likeness (QED) is 0.294. The maximum atomic E-state index is 12.7. The van der Waals surface area contributed by atoms with Gasteiger partial charge in [-0.15, -0.1) is 0 Å². The molecule has 0 radical (unpaired) electrons. The number of aromatic nitrogens is 4. The van der Waals surface area contributed by atoms with Crippen LogP contribution in [0.4, 0.5) is 0 Å². The van der Waals surface area contributed by atoms with E-state index in [1.165, 1.54) is 22.6 Å². The average molecular weight is 500 g/mol. The van der Waals surface area contributed by atoms with E-state index in [4.69, 9.17) is 4.74 Å². The van der Waals surface area contributed by atoms with Crippen LogP contribution in [-0.2, 0) is 30.2 Å². The number of ether oxygens (including phenoxy) is 1. The Labute approximate surface area is 209 Å². The second kappa shape index (κ2) is 10.2. The van der Waals surface area contributed by atoms with Gasteiger partial charge in [-0.1, -0.05) is 30.3 Å². The van der Waals surface area contributed by atoms with Gasteiger partial charge in [0.2, 0.25) is 0 Å². The van der Waals surface area contributed by atoms with Crippen LogP contribution in [0.2, 0.25) is 0 Å². The molecule has 35 heavy (non-hydrogen) atoms. The van der Waals surface area contributed by atoms with Gasteiger partial charge >= 0.3 is 11.7 Å². The number of piperidine rings is 1. The van der Waals surface area contributed by atoms with Gasteiger partial charge in [0, 0.05) is 45.9 Å². The van der Waals surface area contributed by atoms with E-state index < -0.39 is 0 Å². The second-order valence-corrected chi connectivity index (χ2v) is 9.39. The predicted molar refractivity (Wildman–Crippen MR) is 127 cm³/mol. The molecule has 0 spiro atoms. The molecule has 2 aliphatic rings. The van der Waals surface area contributed by atoms with E-state index in [1.54, 1.807) is 19.5 Å². The Morgan fingerprint density at radius 1 is 1.11 bits per heavy atom. The molecule has 10 heteroatoms. The maximum absolute atomic E-state index is 12.7. The molecule has 0 saturated carbocycles. The molecule has 4 heterocycles. The number of rotatable bonds is 6. The van der Waals surface area contributed by atoms with Crippen molar-refractivity contribution >= 4 is 23.2 Å². The molecule has 2 unspecified atom stereocenters. The van der Waals surface area contributed by atoms with Crippen LogP contribution >= 0.6 is 0 Å². The van der Waals surface area contributed by atoms with E-state index >= 15 is 0 Å². The fourth-order valence-electron chi connectivity index (χ4n) is 5.63. The maximum Gasteiger partial charge on any atom is 0.332 e. The van der Waals surface area contributed by atoms with E-state index in [2.05, 4.69) is 4.98 Å². The summed E-state index contributed by atoms with van der Waals surface area (Å²) in [5, 5.41) is 0. The first-order chi connectivity index (χ1) is 16.4. The van der Waals surface area contributed by atoms with Crippen molar-refractivity contribution in [1.29, 1.82) is 0 Å². The van der Waals surface area contributed by atoms with Crippen LogP contribution in [0.15, 0.2) is 52.3 Å². The predicted octanol–water partition coefficient (Wildman–Crippen LogP) is -2.73. The fourth-order valence-corrected chi connectivity index (χ4v) is 5.63. The standard InChI is InChI=1S/C25H29N5O4.ClH/c1-27-23-22(24(32)28(2)25(27)33)29(16-26-23)12-13-30-18-9-10-19(30)15-20(14-18)34-21(31)11-8-17-6-4-3-5-7-17;/h3-8,11,16,18-20H,9-10,12-15H2,1-2H3;1H/b11-8+;. The zero-order valence-corrected chi connectivity index (χ0v) is 20.6. The normalized spacial score (nSPS) is 23.5. The van der Waals surface area contributed by atoms with Crippen molar-refractivity contribution in [3.05, 3.63) is 69.1 Å². The third-order valence-electron chi connectivity index (χ3n) is 7.36. The molecule has 2 bridgehead atoms. The van der Waals surface area contributed by atoms with Gasteiger partial charge in [-0.3, -0.25) is 13.9 Å². The van der Waals surface area contributed by atoms with Crippen molar-refractivity contribution < 1.29 is 26.8 Å². The number of halogens is 1. The van der Waals surface area contributed by atoms with Crippen molar-refractivity contribution in [2.45, 2.75) is 50.4 Å². The molecule has 0 aliphatic carbocycles. The second-order valence-electron chi connectivity index (χ2n) is 9.39. The van der Waals surface area contributed by atoms with Gasteiger partial charge < -0.3 is 26.6 Å². The number of hydrogen-bond acceptors (Lipinski definition) is 5. The lowest BCUT2D eigenvalue weighted by Gasteiger charge is -2.35. The minimum atomic E-state index is -0.373. The monoisotopic (exact) mass is 499 g/mol. The summed E-state index contributed by atoms with van der Waals surface area (Å²) >= 11 is 0. The molecule has 1 N–H and O–H groups in total. The Bertz CT molecular complexity index is 1350. The number of nitrogens with zero attached hydrogens (tertiary/aromatic N) is 4. The average Bonchev–Trinajstić information content (AvgIpc) is 3.37. The fraction of sp³-hybridized carbons (Fsp3) is 0.440. The zero-order chi connectivity index (χ0) is 23.8. The molecule has 0 amide bonds. The van der Waals surface area contributed by atoms with Gasteiger partial charge in [0.15, 0.2) is 11.2 Å². The minimum absolute atomic E-state index is 0. The van der Waals surface area contributed by atoms with Gasteiger partial charge in [-0.2, -0.15) is 0 Å². The van der Waals surface area contributed by atoms with Crippen LogP contribution in [0, 0.1) is 0 Å².